The predicted octanol–water partition coefficient (Wildman–Crippen LogP) is 2.77. The fourth-order valence-corrected chi connectivity index (χ4v) is 3.77. The number of methoxy groups -OCH3 is 1. The van der Waals surface area contributed by atoms with Crippen molar-refractivity contribution in [2.75, 3.05) is 19.0 Å². The highest BCUT2D eigenvalue weighted by Gasteiger charge is 2.29. The number of halogens is 1. The van der Waals surface area contributed by atoms with E-state index in [9.17, 15) is 9.59 Å². The van der Waals surface area contributed by atoms with Crippen LogP contribution in [0.5, 0.6) is 5.75 Å². The number of ether oxygens (including phenoxy) is 2. The lowest BCUT2D eigenvalue weighted by atomic mass is 10.1. The van der Waals surface area contributed by atoms with E-state index in [0.29, 0.717) is 59.2 Å². The van der Waals surface area contributed by atoms with Gasteiger partial charge in [0.25, 0.3) is 5.91 Å². The van der Waals surface area contributed by atoms with Crippen molar-refractivity contribution in [1.29, 1.82) is 0 Å². The van der Waals surface area contributed by atoms with Crippen molar-refractivity contribution >= 4 is 40.2 Å². The quantitative estimate of drug-likeness (QED) is 0.540. The molecule has 162 valence electrons. The Morgan fingerprint density at radius 2 is 2.23 bits per heavy atom. The highest BCUT2D eigenvalue weighted by Crippen LogP contribution is 2.29. The minimum atomic E-state index is -0.658. The number of fused-ring (bicyclic) bond motifs is 1. The molecule has 0 radical (unpaired) electrons. The standard InChI is InChI=1S/C21H22ClN5O4/c1-3-27-19-13(11-25-27)18(23-9-12-4-5-17(30-2)15(22)8-12)14(10-24-19)20(28)26-16-6-7-31-21(16)29/h4-5,8,10-11,16H,3,6-7,9H2,1-2H3,(H,23,24)(H,26,28)/t16-/m0/s1. The van der Waals surface area contributed by atoms with Crippen molar-refractivity contribution < 1.29 is 19.1 Å². The molecule has 10 heteroatoms. The molecule has 3 aromatic rings. The molecule has 0 saturated carbocycles. The van der Waals surface area contributed by atoms with Gasteiger partial charge in [-0.2, -0.15) is 5.10 Å². The van der Waals surface area contributed by atoms with Crippen LogP contribution >= 0.6 is 11.6 Å². The first-order chi connectivity index (χ1) is 15.0. The lowest BCUT2D eigenvalue weighted by Gasteiger charge is -2.15. The van der Waals surface area contributed by atoms with Gasteiger partial charge in [0.1, 0.15) is 11.8 Å². The zero-order valence-corrected chi connectivity index (χ0v) is 17.9. The molecule has 0 unspecified atom stereocenters. The first-order valence-electron chi connectivity index (χ1n) is 9.90. The van der Waals surface area contributed by atoms with Gasteiger partial charge < -0.3 is 20.1 Å². The van der Waals surface area contributed by atoms with E-state index in [1.807, 2.05) is 13.0 Å². The number of cyclic esters (lactones) is 1. The molecule has 1 amide bonds. The first kappa shape index (κ1) is 20.9. The van der Waals surface area contributed by atoms with Gasteiger partial charge in [-0.05, 0) is 24.6 Å². The molecule has 1 saturated heterocycles. The summed E-state index contributed by atoms with van der Waals surface area (Å²) in [6.07, 6.45) is 3.62. The molecule has 0 spiro atoms. The van der Waals surface area contributed by atoms with Gasteiger partial charge in [0, 0.05) is 25.7 Å². The summed E-state index contributed by atoms with van der Waals surface area (Å²) >= 11 is 6.23. The average Bonchev–Trinajstić information content (AvgIpc) is 3.37. The highest BCUT2D eigenvalue weighted by molar-refractivity contribution is 6.32. The summed E-state index contributed by atoms with van der Waals surface area (Å²) in [6, 6.07) is 4.82. The Morgan fingerprint density at radius 3 is 2.90 bits per heavy atom. The maximum Gasteiger partial charge on any atom is 0.328 e. The van der Waals surface area contributed by atoms with Crippen LogP contribution < -0.4 is 15.4 Å². The van der Waals surface area contributed by atoms with Crippen molar-refractivity contribution in [1.82, 2.24) is 20.1 Å². The Labute approximate surface area is 183 Å². The molecule has 3 heterocycles. The van der Waals surface area contributed by atoms with Gasteiger partial charge in [-0.1, -0.05) is 17.7 Å². The van der Waals surface area contributed by atoms with E-state index in [0.717, 1.165) is 5.56 Å². The summed E-state index contributed by atoms with van der Waals surface area (Å²) in [5, 5.41) is 11.6. The van der Waals surface area contributed by atoms with Gasteiger partial charge in [-0.3, -0.25) is 4.79 Å². The number of aromatic nitrogens is 3. The molecular formula is C21H22ClN5O4. The Bertz CT molecular complexity index is 1150. The van der Waals surface area contributed by atoms with Crippen LogP contribution in [0.4, 0.5) is 5.69 Å². The SMILES string of the molecule is CCn1ncc2c(NCc3ccc(OC)c(Cl)c3)c(C(=O)N[C@H]3CCOC3=O)cnc21. The van der Waals surface area contributed by atoms with Crippen LogP contribution in [0.25, 0.3) is 11.0 Å². The van der Waals surface area contributed by atoms with Gasteiger partial charge in [0.2, 0.25) is 0 Å². The van der Waals surface area contributed by atoms with Crippen LogP contribution in [0.2, 0.25) is 5.02 Å². The molecule has 1 fully saturated rings. The van der Waals surface area contributed by atoms with E-state index < -0.39 is 17.9 Å². The number of hydrogen-bond acceptors (Lipinski definition) is 7. The highest BCUT2D eigenvalue weighted by atomic mass is 35.5. The van der Waals surface area contributed by atoms with Gasteiger partial charge in [0.05, 0.1) is 41.6 Å². The lowest BCUT2D eigenvalue weighted by Crippen LogP contribution is -2.38. The number of hydrogen-bond donors (Lipinski definition) is 2. The predicted molar refractivity (Wildman–Crippen MR) is 115 cm³/mol. The van der Waals surface area contributed by atoms with E-state index in [1.165, 1.54) is 6.20 Å². The maximum atomic E-state index is 13.0. The minimum Gasteiger partial charge on any atom is -0.495 e. The molecule has 31 heavy (non-hydrogen) atoms. The molecule has 1 atom stereocenters. The van der Waals surface area contributed by atoms with Crippen molar-refractivity contribution in [2.45, 2.75) is 32.5 Å². The molecule has 2 aromatic heterocycles. The van der Waals surface area contributed by atoms with Crippen LogP contribution in [0, 0.1) is 0 Å². The van der Waals surface area contributed by atoms with E-state index in [1.54, 1.807) is 30.1 Å². The van der Waals surface area contributed by atoms with Crippen molar-refractivity contribution in [3.63, 3.8) is 0 Å². The number of benzene rings is 1. The number of pyridine rings is 1. The average molecular weight is 444 g/mol. The van der Waals surface area contributed by atoms with Crippen LogP contribution in [-0.4, -0.2) is 46.4 Å². The Kier molecular flexibility index (Phi) is 5.94. The molecule has 1 aliphatic rings. The number of carbonyl (C=O) groups is 2. The number of nitrogens with zero attached hydrogens (tertiary/aromatic N) is 3. The second-order valence-electron chi connectivity index (χ2n) is 7.05. The normalized spacial score (nSPS) is 15.7. The maximum absolute atomic E-state index is 13.0. The van der Waals surface area contributed by atoms with Crippen LogP contribution in [0.15, 0.2) is 30.6 Å². The summed E-state index contributed by atoms with van der Waals surface area (Å²) in [7, 11) is 1.56. The van der Waals surface area contributed by atoms with Gasteiger partial charge in [0.15, 0.2) is 5.65 Å². The van der Waals surface area contributed by atoms with Crippen molar-refractivity contribution in [3.8, 4) is 5.75 Å². The van der Waals surface area contributed by atoms with E-state index in [2.05, 4.69) is 20.7 Å². The monoisotopic (exact) mass is 443 g/mol. The van der Waals surface area contributed by atoms with Gasteiger partial charge in [-0.15, -0.1) is 0 Å². The molecule has 1 aromatic carbocycles. The van der Waals surface area contributed by atoms with Crippen LogP contribution in [0.3, 0.4) is 0 Å². The first-order valence-corrected chi connectivity index (χ1v) is 10.3. The number of carbonyl (C=O) groups excluding carboxylic acids is 2. The summed E-state index contributed by atoms with van der Waals surface area (Å²) in [6.45, 7) is 3.32. The summed E-state index contributed by atoms with van der Waals surface area (Å²) in [4.78, 5) is 29.2. The second-order valence-corrected chi connectivity index (χ2v) is 7.46. The van der Waals surface area contributed by atoms with Gasteiger partial charge in [-0.25, -0.2) is 14.5 Å². The molecule has 0 aliphatic carbocycles. The Hall–Kier alpha value is -3.33. The van der Waals surface area contributed by atoms with E-state index >= 15 is 0 Å². The third-order valence-corrected chi connectivity index (χ3v) is 5.43. The number of anilines is 1. The number of rotatable bonds is 7. The smallest absolute Gasteiger partial charge is 0.328 e. The zero-order valence-electron chi connectivity index (χ0n) is 17.1. The topological polar surface area (TPSA) is 107 Å². The number of esters is 1. The molecular weight excluding hydrogens is 422 g/mol. The van der Waals surface area contributed by atoms with Gasteiger partial charge >= 0.3 is 5.97 Å². The minimum absolute atomic E-state index is 0.299. The Balaban J connectivity index is 1.66. The van der Waals surface area contributed by atoms with Crippen LogP contribution in [0.1, 0.15) is 29.3 Å². The molecule has 4 rings (SSSR count). The number of amides is 1. The molecule has 1 aliphatic heterocycles. The molecule has 2 N–H and O–H groups in total. The fourth-order valence-electron chi connectivity index (χ4n) is 3.49. The zero-order chi connectivity index (χ0) is 22.0. The van der Waals surface area contributed by atoms with E-state index in [4.69, 9.17) is 21.1 Å². The lowest BCUT2D eigenvalue weighted by molar-refractivity contribution is -0.139. The summed E-state index contributed by atoms with van der Waals surface area (Å²) in [5.41, 5.74) is 2.47. The third kappa shape index (κ3) is 4.13. The third-order valence-electron chi connectivity index (χ3n) is 5.14. The van der Waals surface area contributed by atoms with E-state index in [-0.39, 0.29) is 0 Å². The summed E-state index contributed by atoms with van der Waals surface area (Å²) in [5.74, 6) is -0.245. The van der Waals surface area contributed by atoms with Crippen molar-refractivity contribution in [3.05, 3.63) is 46.7 Å². The number of nitrogens with one attached hydrogen (secondary N) is 2. The second kappa shape index (κ2) is 8.81. The molecule has 9 nitrogen and oxygen atoms in total. The fraction of sp³-hybridized carbons (Fsp3) is 0.333. The van der Waals surface area contributed by atoms with Crippen molar-refractivity contribution in [2.24, 2.45) is 0 Å². The summed E-state index contributed by atoms with van der Waals surface area (Å²) < 4.78 is 11.9. The number of aryl methyl sites for hydroxylation is 1. The largest absolute Gasteiger partial charge is 0.495 e. The Morgan fingerprint density at radius 1 is 1.39 bits per heavy atom. The van der Waals surface area contributed by atoms with Crippen LogP contribution in [-0.2, 0) is 22.6 Å². The molecule has 0 bridgehead atoms.